The first-order chi connectivity index (χ1) is 11.0. The van der Waals surface area contributed by atoms with Crippen LogP contribution in [0.25, 0.3) is 6.08 Å². The summed E-state index contributed by atoms with van der Waals surface area (Å²) in [5, 5.41) is 11.8. The van der Waals surface area contributed by atoms with E-state index in [9.17, 15) is 9.18 Å². The highest BCUT2D eigenvalue weighted by Crippen LogP contribution is 2.22. The molecule has 0 atom stereocenters. The number of hydrogen-bond donors (Lipinski definition) is 1. The van der Waals surface area contributed by atoms with E-state index in [2.05, 4.69) is 5.32 Å². The second-order valence-corrected chi connectivity index (χ2v) is 4.89. The Bertz CT molecular complexity index is 775. The molecule has 0 aliphatic heterocycles. The summed E-state index contributed by atoms with van der Waals surface area (Å²) in [5.41, 5.74) is 0.222. The summed E-state index contributed by atoms with van der Waals surface area (Å²) in [6.45, 7) is 0. The average Bonchev–Trinajstić information content (AvgIpc) is 2.55. The molecule has 116 valence electrons. The molecule has 0 aromatic heterocycles. The molecule has 0 heterocycles. The third-order valence-electron chi connectivity index (χ3n) is 3.00. The van der Waals surface area contributed by atoms with Gasteiger partial charge in [-0.2, -0.15) is 5.26 Å². The van der Waals surface area contributed by atoms with Gasteiger partial charge in [-0.1, -0.05) is 17.7 Å². The van der Waals surface area contributed by atoms with Crippen molar-refractivity contribution in [2.75, 3.05) is 12.4 Å². The van der Waals surface area contributed by atoms with Gasteiger partial charge in [0.1, 0.15) is 23.2 Å². The van der Waals surface area contributed by atoms with Gasteiger partial charge in [-0.15, -0.1) is 0 Å². The number of halogens is 2. The number of hydrogen-bond acceptors (Lipinski definition) is 3. The lowest BCUT2D eigenvalue weighted by Crippen LogP contribution is -2.13. The van der Waals surface area contributed by atoms with Crippen molar-refractivity contribution >= 4 is 29.3 Å². The number of nitrogens with one attached hydrogen (secondary N) is 1. The number of benzene rings is 2. The van der Waals surface area contributed by atoms with Gasteiger partial charge in [-0.05, 0) is 42.5 Å². The van der Waals surface area contributed by atoms with E-state index in [1.807, 2.05) is 0 Å². The number of nitrogens with zero attached hydrogens (tertiary/aromatic N) is 1. The molecule has 0 fully saturated rings. The fourth-order valence-electron chi connectivity index (χ4n) is 1.81. The molecule has 0 aliphatic carbocycles. The van der Waals surface area contributed by atoms with Gasteiger partial charge < -0.3 is 10.1 Å². The Morgan fingerprint density at radius 1 is 1.30 bits per heavy atom. The minimum absolute atomic E-state index is 0.00408. The van der Waals surface area contributed by atoms with E-state index in [1.165, 1.54) is 25.3 Å². The predicted molar refractivity (Wildman–Crippen MR) is 86.6 cm³/mol. The molecule has 2 rings (SSSR count). The van der Waals surface area contributed by atoms with Gasteiger partial charge in [-0.3, -0.25) is 4.79 Å². The van der Waals surface area contributed by atoms with E-state index in [4.69, 9.17) is 21.6 Å². The molecule has 0 saturated heterocycles. The first kappa shape index (κ1) is 16.5. The molecule has 0 radical (unpaired) electrons. The van der Waals surface area contributed by atoms with Crippen LogP contribution in [0.1, 0.15) is 5.56 Å². The Morgan fingerprint density at radius 2 is 2.00 bits per heavy atom. The number of rotatable bonds is 4. The van der Waals surface area contributed by atoms with Crippen LogP contribution in [0.3, 0.4) is 0 Å². The first-order valence-corrected chi connectivity index (χ1v) is 6.94. The Labute approximate surface area is 137 Å². The molecular formula is C17H12ClFN2O2. The number of anilines is 1. The maximum Gasteiger partial charge on any atom is 0.266 e. The highest BCUT2D eigenvalue weighted by atomic mass is 35.5. The second-order valence-electron chi connectivity index (χ2n) is 4.49. The van der Waals surface area contributed by atoms with Crippen LogP contribution in [0.4, 0.5) is 10.1 Å². The summed E-state index contributed by atoms with van der Waals surface area (Å²) in [6.07, 6.45) is 1.12. The van der Waals surface area contributed by atoms with Gasteiger partial charge in [0.25, 0.3) is 5.91 Å². The van der Waals surface area contributed by atoms with Crippen molar-refractivity contribution in [3.8, 4) is 11.8 Å². The van der Waals surface area contributed by atoms with Crippen LogP contribution < -0.4 is 10.1 Å². The van der Waals surface area contributed by atoms with Crippen LogP contribution in [0, 0.1) is 17.1 Å². The molecule has 0 aliphatic rings. The highest BCUT2D eigenvalue weighted by Gasteiger charge is 2.12. The van der Waals surface area contributed by atoms with E-state index in [1.54, 1.807) is 30.3 Å². The SMILES string of the molecule is COc1ccc(NC(=O)/C(C#N)=C\c2c(F)cccc2Cl)cc1. The molecule has 1 amide bonds. The van der Waals surface area contributed by atoms with Crippen LogP contribution in [-0.2, 0) is 4.79 Å². The summed E-state index contributed by atoms with van der Waals surface area (Å²) in [5.74, 6) is -0.628. The monoisotopic (exact) mass is 330 g/mol. The Kier molecular flexibility index (Phi) is 5.34. The van der Waals surface area contributed by atoms with Crippen LogP contribution in [0.2, 0.25) is 5.02 Å². The summed E-state index contributed by atoms with van der Waals surface area (Å²) in [6, 6.07) is 12.5. The Hall–Kier alpha value is -2.84. The molecule has 6 heteroatoms. The molecule has 4 nitrogen and oxygen atoms in total. The fourth-order valence-corrected chi connectivity index (χ4v) is 2.03. The summed E-state index contributed by atoms with van der Waals surface area (Å²) in [7, 11) is 1.53. The summed E-state index contributed by atoms with van der Waals surface area (Å²) in [4.78, 5) is 12.1. The summed E-state index contributed by atoms with van der Waals surface area (Å²) >= 11 is 5.89. The average molecular weight is 331 g/mol. The van der Waals surface area contributed by atoms with Gasteiger partial charge in [-0.25, -0.2) is 4.39 Å². The number of ether oxygens (including phenoxy) is 1. The smallest absolute Gasteiger partial charge is 0.266 e. The second kappa shape index (κ2) is 7.43. The van der Waals surface area contributed by atoms with Crippen LogP contribution in [0.5, 0.6) is 5.75 Å². The van der Waals surface area contributed by atoms with E-state index in [0.29, 0.717) is 11.4 Å². The van der Waals surface area contributed by atoms with Crippen molar-refractivity contribution in [2.24, 2.45) is 0 Å². The van der Waals surface area contributed by atoms with E-state index in [-0.39, 0.29) is 16.2 Å². The molecule has 0 unspecified atom stereocenters. The van der Waals surface area contributed by atoms with E-state index < -0.39 is 11.7 Å². The number of carbonyl (C=O) groups excluding carboxylic acids is 1. The number of amides is 1. The Balaban J connectivity index is 2.24. The molecule has 0 saturated carbocycles. The van der Waals surface area contributed by atoms with E-state index >= 15 is 0 Å². The van der Waals surface area contributed by atoms with Crippen molar-refractivity contribution in [2.45, 2.75) is 0 Å². The zero-order valence-electron chi connectivity index (χ0n) is 12.1. The van der Waals surface area contributed by atoms with Gasteiger partial charge in [0, 0.05) is 11.3 Å². The maximum absolute atomic E-state index is 13.7. The van der Waals surface area contributed by atoms with Crippen molar-refractivity contribution in [1.29, 1.82) is 5.26 Å². The predicted octanol–water partition coefficient (Wildman–Crippen LogP) is 4.03. The fraction of sp³-hybridized carbons (Fsp3) is 0.0588. The van der Waals surface area contributed by atoms with Gasteiger partial charge in [0.15, 0.2) is 0 Å². The molecule has 0 bridgehead atoms. The number of carbonyl (C=O) groups is 1. The summed E-state index contributed by atoms with van der Waals surface area (Å²) < 4.78 is 18.8. The lowest BCUT2D eigenvalue weighted by atomic mass is 10.1. The van der Waals surface area contributed by atoms with Crippen molar-refractivity contribution in [3.63, 3.8) is 0 Å². The largest absolute Gasteiger partial charge is 0.497 e. The van der Waals surface area contributed by atoms with Crippen molar-refractivity contribution in [1.82, 2.24) is 0 Å². The third-order valence-corrected chi connectivity index (χ3v) is 3.33. The van der Waals surface area contributed by atoms with E-state index in [0.717, 1.165) is 6.08 Å². The third kappa shape index (κ3) is 4.09. The topological polar surface area (TPSA) is 62.1 Å². The van der Waals surface area contributed by atoms with Gasteiger partial charge >= 0.3 is 0 Å². The molecule has 0 spiro atoms. The van der Waals surface area contributed by atoms with Crippen LogP contribution >= 0.6 is 11.6 Å². The van der Waals surface area contributed by atoms with Gasteiger partial charge in [0.2, 0.25) is 0 Å². The van der Waals surface area contributed by atoms with Crippen LogP contribution in [-0.4, -0.2) is 13.0 Å². The zero-order valence-corrected chi connectivity index (χ0v) is 12.9. The maximum atomic E-state index is 13.7. The molecule has 2 aromatic rings. The molecule has 1 N–H and O–H groups in total. The standard InChI is InChI=1S/C17H12ClFN2O2/c1-23-13-7-5-12(6-8-13)21-17(22)11(10-20)9-14-15(18)3-2-4-16(14)19/h2-9H,1H3,(H,21,22)/b11-9-. The lowest BCUT2D eigenvalue weighted by Gasteiger charge is -2.06. The highest BCUT2D eigenvalue weighted by molar-refractivity contribution is 6.32. The quantitative estimate of drug-likeness (QED) is 0.680. The molecule has 2 aromatic carbocycles. The number of nitriles is 1. The Morgan fingerprint density at radius 3 is 2.57 bits per heavy atom. The minimum Gasteiger partial charge on any atom is -0.497 e. The lowest BCUT2D eigenvalue weighted by molar-refractivity contribution is -0.112. The number of methoxy groups -OCH3 is 1. The van der Waals surface area contributed by atoms with Crippen molar-refractivity contribution in [3.05, 3.63) is 64.4 Å². The van der Waals surface area contributed by atoms with Crippen molar-refractivity contribution < 1.29 is 13.9 Å². The zero-order chi connectivity index (χ0) is 16.8. The first-order valence-electron chi connectivity index (χ1n) is 6.56. The van der Waals surface area contributed by atoms with Crippen LogP contribution in [0.15, 0.2) is 48.0 Å². The molecule has 23 heavy (non-hydrogen) atoms. The minimum atomic E-state index is -0.656. The van der Waals surface area contributed by atoms with Gasteiger partial charge in [0.05, 0.1) is 12.1 Å². The molecular weight excluding hydrogens is 319 g/mol. The normalized spacial score (nSPS) is 10.8.